The Balaban J connectivity index is 1.74. The number of rotatable bonds is 4. The number of piperidine rings is 1. The number of hydrogen-bond donors (Lipinski definition) is 1. The summed E-state index contributed by atoms with van der Waals surface area (Å²) in [5, 5.41) is 0. The molecule has 0 aromatic carbocycles. The van der Waals surface area contributed by atoms with Crippen LogP contribution >= 0.6 is 15.9 Å². The van der Waals surface area contributed by atoms with Crippen molar-refractivity contribution in [3.63, 3.8) is 0 Å². The highest BCUT2D eigenvalue weighted by Gasteiger charge is 2.44. The maximum absolute atomic E-state index is 6.72. The molecule has 3 nitrogen and oxygen atoms in total. The van der Waals surface area contributed by atoms with Crippen molar-refractivity contribution >= 4 is 15.9 Å². The van der Waals surface area contributed by atoms with Gasteiger partial charge >= 0.3 is 0 Å². The Labute approximate surface area is 136 Å². The summed E-state index contributed by atoms with van der Waals surface area (Å²) in [5.74, 6) is 0. The molecule has 21 heavy (non-hydrogen) atoms. The Morgan fingerprint density at radius 3 is 2.48 bits per heavy atom. The maximum Gasteiger partial charge on any atom is 0.0420 e. The molecular formula is C17H26BrN3. The fourth-order valence-electron chi connectivity index (χ4n) is 4.19. The topological polar surface area (TPSA) is 42.1 Å². The number of halogens is 1. The number of nitrogens with two attached hydrogens (primary N) is 1. The van der Waals surface area contributed by atoms with E-state index in [0.717, 1.165) is 16.6 Å². The van der Waals surface area contributed by atoms with Gasteiger partial charge in [-0.15, -0.1) is 0 Å². The van der Waals surface area contributed by atoms with Crippen molar-refractivity contribution in [2.24, 2.45) is 5.73 Å². The Morgan fingerprint density at radius 2 is 1.86 bits per heavy atom. The smallest absolute Gasteiger partial charge is 0.0420 e. The third-order valence-corrected chi connectivity index (χ3v) is 5.83. The number of aromatic nitrogens is 1. The highest BCUT2D eigenvalue weighted by Crippen LogP contribution is 2.39. The standard InChI is InChI=1S/C17H26BrN3/c18-14-6-7-15(20-13-14)12-16(19)17(8-2-3-9-17)21-10-4-1-5-11-21/h6-7,13,16H,1-5,8-12,19H2. The molecule has 0 spiro atoms. The SMILES string of the molecule is NC(Cc1ccc(Br)cn1)C1(N2CCCCC2)CCCC1. The molecule has 1 atom stereocenters. The molecule has 3 rings (SSSR count). The first-order valence-corrected chi connectivity index (χ1v) is 9.11. The van der Waals surface area contributed by atoms with Gasteiger partial charge in [-0.1, -0.05) is 19.3 Å². The first kappa shape index (κ1) is 15.4. The van der Waals surface area contributed by atoms with Crippen LogP contribution in [0, 0.1) is 0 Å². The van der Waals surface area contributed by atoms with Crippen LogP contribution in [0.3, 0.4) is 0 Å². The molecule has 1 unspecified atom stereocenters. The molecule has 1 aromatic rings. The van der Waals surface area contributed by atoms with Crippen LogP contribution in [-0.4, -0.2) is 34.6 Å². The van der Waals surface area contributed by atoms with Gasteiger partial charge in [0.15, 0.2) is 0 Å². The summed E-state index contributed by atoms with van der Waals surface area (Å²) in [4.78, 5) is 7.24. The summed E-state index contributed by atoms with van der Waals surface area (Å²) >= 11 is 3.45. The highest BCUT2D eigenvalue weighted by atomic mass is 79.9. The average molecular weight is 352 g/mol. The first-order chi connectivity index (χ1) is 10.2. The van der Waals surface area contributed by atoms with Crippen molar-refractivity contribution in [3.8, 4) is 0 Å². The molecule has 0 radical (unpaired) electrons. The van der Waals surface area contributed by atoms with Gasteiger partial charge in [0.1, 0.15) is 0 Å². The fourth-order valence-corrected chi connectivity index (χ4v) is 4.43. The van der Waals surface area contributed by atoms with Crippen molar-refractivity contribution in [1.82, 2.24) is 9.88 Å². The van der Waals surface area contributed by atoms with E-state index >= 15 is 0 Å². The van der Waals surface area contributed by atoms with E-state index in [1.807, 2.05) is 6.20 Å². The lowest BCUT2D eigenvalue weighted by molar-refractivity contribution is 0.0479. The second-order valence-electron chi connectivity index (χ2n) is 6.64. The van der Waals surface area contributed by atoms with E-state index in [1.165, 1.54) is 58.0 Å². The minimum absolute atomic E-state index is 0.201. The largest absolute Gasteiger partial charge is 0.326 e. The Bertz CT molecular complexity index is 448. The lowest BCUT2D eigenvalue weighted by Gasteiger charge is -2.47. The Kier molecular flexibility index (Phi) is 4.97. The fraction of sp³-hybridized carbons (Fsp3) is 0.706. The maximum atomic E-state index is 6.72. The molecule has 2 fully saturated rings. The molecule has 116 valence electrons. The molecule has 1 aliphatic heterocycles. The second kappa shape index (κ2) is 6.76. The van der Waals surface area contributed by atoms with Gasteiger partial charge in [-0.25, -0.2) is 0 Å². The van der Waals surface area contributed by atoms with Crippen LogP contribution in [-0.2, 0) is 6.42 Å². The van der Waals surface area contributed by atoms with Gasteiger partial charge in [-0.3, -0.25) is 9.88 Å². The zero-order chi connectivity index (χ0) is 14.7. The lowest BCUT2D eigenvalue weighted by atomic mass is 9.82. The quantitative estimate of drug-likeness (QED) is 0.902. The van der Waals surface area contributed by atoms with Gasteiger partial charge in [0.25, 0.3) is 0 Å². The molecule has 1 aliphatic carbocycles. The number of hydrogen-bond acceptors (Lipinski definition) is 3. The van der Waals surface area contributed by atoms with Gasteiger partial charge in [0, 0.05) is 34.4 Å². The molecular weight excluding hydrogens is 326 g/mol. The van der Waals surface area contributed by atoms with Crippen molar-refractivity contribution in [2.75, 3.05) is 13.1 Å². The molecule has 1 saturated carbocycles. The van der Waals surface area contributed by atoms with Crippen molar-refractivity contribution < 1.29 is 0 Å². The first-order valence-electron chi connectivity index (χ1n) is 8.32. The lowest BCUT2D eigenvalue weighted by Crippen LogP contribution is -2.60. The summed E-state index contributed by atoms with van der Waals surface area (Å²) in [7, 11) is 0. The van der Waals surface area contributed by atoms with E-state index in [9.17, 15) is 0 Å². The van der Waals surface area contributed by atoms with E-state index in [-0.39, 0.29) is 11.6 Å². The van der Waals surface area contributed by atoms with Crippen LogP contribution in [0.5, 0.6) is 0 Å². The summed E-state index contributed by atoms with van der Waals surface area (Å²) in [6.07, 6.45) is 12.0. The third kappa shape index (κ3) is 3.33. The normalized spacial score (nSPS) is 24.1. The minimum Gasteiger partial charge on any atom is -0.326 e. The van der Waals surface area contributed by atoms with Gasteiger partial charge < -0.3 is 5.73 Å². The van der Waals surface area contributed by atoms with Crippen LogP contribution in [0.15, 0.2) is 22.8 Å². The predicted molar refractivity (Wildman–Crippen MR) is 90.2 cm³/mol. The van der Waals surface area contributed by atoms with E-state index < -0.39 is 0 Å². The number of likely N-dealkylation sites (tertiary alicyclic amines) is 1. The molecule has 1 saturated heterocycles. The van der Waals surface area contributed by atoms with Gasteiger partial charge in [0.05, 0.1) is 0 Å². The van der Waals surface area contributed by atoms with E-state index in [4.69, 9.17) is 5.73 Å². The van der Waals surface area contributed by atoms with Gasteiger partial charge in [0.2, 0.25) is 0 Å². The van der Waals surface area contributed by atoms with Crippen molar-refractivity contribution in [1.29, 1.82) is 0 Å². The van der Waals surface area contributed by atoms with Crippen LogP contribution in [0.25, 0.3) is 0 Å². The summed E-state index contributed by atoms with van der Waals surface area (Å²) < 4.78 is 1.03. The molecule has 4 heteroatoms. The van der Waals surface area contributed by atoms with Crippen molar-refractivity contribution in [2.45, 2.75) is 62.9 Å². The summed E-state index contributed by atoms with van der Waals surface area (Å²) in [6, 6.07) is 4.37. The second-order valence-corrected chi connectivity index (χ2v) is 7.55. The van der Waals surface area contributed by atoms with Crippen LogP contribution in [0.1, 0.15) is 50.6 Å². The third-order valence-electron chi connectivity index (χ3n) is 5.36. The number of pyridine rings is 1. The molecule has 2 heterocycles. The molecule has 0 amide bonds. The number of nitrogens with zero attached hydrogens (tertiary/aromatic N) is 2. The van der Waals surface area contributed by atoms with Gasteiger partial charge in [-0.2, -0.15) is 0 Å². The minimum atomic E-state index is 0.201. The molecule has 0 bridgehead atoms. The van der Waals surface area contributed by atoms with E-state index in [2.05, 4.69) is 37.9 Å². The van der Waals surface area contributed by atoms with Gasteiger partial charge in [-0.05, 0) is 66.8 Å². The predicted octanol–water partition coefficient (Wildman–Crippen LogP) is 3.51. The molecule has 1 aromatic heterocycles. The summed E-state index contributed by atoms with van der Waals surface area (Å²) in [6.45, 7) is 2.48. The van der Waals surface area contributed by atoms with Crippen LogP contribution in [0.4, 0.5) is 0 Å². The summed E-state index contributed by atoms with van der Waals surface area (Å²) in [5.41, 5.74) is 8.07. The molecule has 2 aliphatic rings. The zero-order valence-corrected chi connectivity index (χ0v) is 14.3. The molecule has 2 N–H and O–H groups in total. The Morgan fingerprint density at radius 1 is 1.14 bits per heavy atom. The van der Waals surface area contributed by atoms with Crippen LogP contribution < -0.4 is 5.73 Å². The van der Waals surface area contributed by atoms with E-state index in [0.29, 0.717) is 0 Å². The zero-order valence-electron chi connectivity index (χ0n) is 12.7. The Hall–Kier alpha value is -0.450. The van der Waals surface area contributed by atoms with Crippen LogP contribution in [0.2, 0.25) is 0 Å². The average Bonchev–Trinajstić information content (AvgIpc) is 3.01. The van der Waals surface area contributed by atoms with E-state index in [1.54, 1.807) is 0 Å². The van der Waals surface area contributed by atoms with Crippen molar-refractivity contribution in [3.05, 3.63) is 28.5 Å². The highest BCUT2D eigenvalue weighted by molar-refractivity contribution is 9.10. The monoisotopic (exact) mass is 351 g/mol.